The van der Waals surface area contributed by atoms with Gasteiger partial charge in [0.2, 0.25) is 0 Å². The van der Waals surface area contributed by atoms with E-state index in [0.717, 1.165) is 17.3 Å². The standard InChI is InChI=1S/C13H14N2O3S/c1-15-12(16)11(19-13(15)14)7-8-4-5-9(17-2)10(6-8)18-3/h4-7,14H,1-3H3. The first-order valence-corrected chi connectivity index (χ1v) is 6.36. The molecular formula is C13H14N2O3S. The number of ether oxygens (including phenoxy) is 2. The summed E-state index contributed by atoms with van der Waals surface area (Å²) < 4.78 is 10.4. The first-order chi connectivity index (χ1) is 9.06. The van der Waals surface area contributed by atoms with Crippen LogP contribution < -0.4 is 9.47 Å². The molecule has 1 heterocycles. The summed E-state index contributed by atoms with van der Waals surface area (Å²) >= 11 is 1.15. The Balaban J connectivity index is 2.34. The van der Waals surface area contributed by atoms with Crippen LogP contribution in [-0.4, -0.2) is 37.2 Å². The molecule has 5 nitrogen and oxygen atoms in total. The fourth-order valence-corrected chi connectivity index (χ4v) is 2.51. The molecule has 0 aliphatic carbocycles. The fourth-order valence-electron chi connectivity index (χ4n) is 1.66. The maximum Gasteiger partial charge on any atom is 0.266 e. The molecule has 2 rings (SSSR count). The maximum atomic E-state index is 11.8. The monoisotopic (exact) mass is 278 g/mol. The van der Waals surface area contributed by atoms with Crippen molar-refractivity contribution in [3.63, 3.8) is 0 Å². The first kappa shape index (κ1) is 13.5. The number of amides is 1. The second-order valence-electron chi connectivity index (χ2n) is 3.89. The number of likely N-dealkylation sites (N-methyl/N-ethyl adjacent to an activating group) is 1. The van der Waals surface area contributed by atoms with Crippen LogP contribution in [0.3, 0.4) is 0 Å². The van der Waals surface area contributed by atoms with Crippen molar-refractivity contribution in [2.24, 2.45) is 0 Å². The molecule has 0 aromatic heterocycles. The van der Waals surface area contributed by atoms with Gasteiger partial charge in [0.1, 0.15) is 0 Å². The first-order valence-electron chi connectivity index (χ1n) is 5.55. The predicted molar refractivity (Wildman–Crippen MR) is 75.6 cm³/mol. The number of carbonyl (C=O) groups excluding carboxylic acids is 1. The maximum absolute atomic E-state index is 11.8. The van der Waals surface area contributed by atoms with E-state index in [1.165, 1.54) is 4.90 Å². The third-order valence-corrected chi connectivity index (χ3v) is 3.71. The zero-order valence-corrected chi connectivity index (χ0v) is 11.7. The largest absolute Gasteiger partial charge is 0.493 e. The van der Waals surface area contributed by atoms with Gasteiger partial charge in [-0.15, -0.1) is 0 Å². The van der Waals surface area contributed by atoms with E-state index < -0.39 is 0 Å². The van der Waals surface area contributed by atoms with E-state index in [2.05, 4.69) is 0 Å². The molecule has 1 aliphatic rings. The molecule has 0 spiro atoms. The molecule has 1 saturated heterocycles. The van der Waals surface area contributed by atoms with Crippen LogP contribution in [0, 0.1) is 5.41 Å². The molecule has 1 N–H and O–H groups in total. The second-order valence-corrected chi connectivity index (χ2v) is 4.93. The Kier molecular flexibility index (Phi) is 3.80. The lowest BCUT2D eigenvalue weighted by molar-refractivity contribution is -0.121. The third kappa shape index (κ3) is 2.58. The van der Waals surface area contributed by atoms with Crippen molar-refractivity contribution in [1.82, 2.24) is 4.90 Å². The van der Waals surface area contributed by atoms with E-state index in [-0.39, 0.29) is 11.1 Å². The molecule has 1 aliphatic heterocycles. The van der Waals surface area contributed by atoms with E-state index in [1.54, 1.807) is 39.5 Å². The number of amidine groups is 1. The van der Waals surface area contributed by atoms with Crippen LogP contribution in [0.2, 0.25) is 0 Å². The van der Waals surface area contributed by atoms with Gasteiger partial charge < -0.3 is 9.47 Å². The van der Waals surface area contributed by atoms with Crippen LogP contribution in [0.1, 0.15) is 5.56 Å². The van der Waals surface area contributed by atoms with E-state index in [9.17, 15) is 4.79 Å². The Bertz CT molecular complexity index is 569. The minimum atomic E-state index is -0.162. The minimum absolute atomic E-state index is 0.162. The quantitative estimate of drug-likeness (QED) is 0.861. The lowest BCUT2D eigenvalue weighted by Crippen LogP contribution is -2.22. The van der Waals surface area contributed by atoms with Crippen molar-refractivity contribution in [2.45, 2.75) is 0 Å². The fraction of sp³-hybridized carbons (Fsp3) is 0.231. The highest BCUT2D eigenvalue weighted by Crippen LogP contribution is 2.33. The van der Waals surface area contributed by atoms with Crippen molar-refractivity contribution >= 4 is 28.9 Å². The van der Waals surface area contributed by atoms with Crippen molar-refractivity contribution in [3.8, 4) is 11.5 Å². The number of nitrogens with zero attached hydrogens (tertiary/aromatic N) is 1. The summed E-state index contributed by atoms with van der Waals surface area (Å²) in [6.07, 6.45) is 1.74. The number of rotatable bonds is 3. The Labute approximate surface area is 115 Å². The molecule has 19 heavy (non-hydrogen) atoms. The molecule has 0 radical (unpaired) electrons. The molecule has 0 atom stereocenters. The molecule has 1 aromatic rings. The number of thioether (sulfide) groups is 1. The van der Waals surface area contributed by atoms with Crippen molar-refractivity contribution in [3.05, 3.63) is 28.7 Å². The number of hydrogen-bond acceptors (Lipinski definition) is 5. The summed E-state index contributed by atoms with van der Waals surface area (Å²) in [5, 5.41) is 7.84. The zero-order valence-electron chi connectivity index (χ0n) is 10.9. The molecule has 0 unspecified atom stereocenters. The molecule has 1 amide bonds. The average molecular weight is 278 g/mol. The van der Waals surface area contributed by atoms with E-state index in [0.29, 0.717) is 16.4 Å². The molecular weight excluding hydrogens is 264 g/mol. The highest BCUT2D eigenvalue weighted by molar-refractivity contribution is 8.18. The Morgan fingerprint density at radius 3 is 2.47 bits per heavy atom. The van der Waals surface area contributed by atoms with Crippen LogP contribution >= 0.6 is 11.8 Å². The smallest absolute Gasteiger partial charge is 0.266 e. The van der Waals surface area contributed by atoms with Gasteiger partial charge in [0.05, 0.1) is 19.1 Å². The topological polar surface area (TPSA) is 62.6 Å². The van der Waals surface area contributed by atoms with E-state index >= 15 is 0 Å². The van der Waals surface area contributed by atoms with E-state index in [4.69, 9.17) is 14.9 Å². The number of carbonyl (C=O) groups is 1. The van der Waals surface area contributed by atoms with Crippen LogP contribution in [0.4, 0.5) is 0 Å². The van der Waals surface area contributed by atoms with Crippen LogP contribution in [0.25, 0.3) is 6.08 Å². The summed E-state index contributed by atoms with van der Waals surface area (Å²) in [5.41, 5.74) is 0.830. The lowest BCUT2D eigenvalue weighted by Gasteiger charge is -2.08. The normalized spacial score (nSPS) is 17.2. The van der Waals surface area contributed by atoms with Gasteiger partial charge in [-0.2, -0.15) is 0 Å². The van der Waals surface area contributed by atoms with Crippen LogP contribution in [-0.2, 0) is 4.79 Å². The number of hydrogen-bond donors (Lipinski definition) is 1. The van der Waals surface area contributed by atoms with Gasteiger partial charge in [-0.25, -0.2) is 0 Å². The van der Waals surface area contributed by atoms with E-state index in [1.807, 2.05) is 6.07 Å². The summed E-state index contributed by atoms with van der Waals surface area (Å²) in [5.74, 6) is 1.08. The summed E-state index contributed by atoms with van der Waals surface area (Å²) in [7, 11) is 4.73. The van der Waals surface area contributed by atoms with Gasteiger partial charge >= 0.3 is 0 Å². The molecule has 0 saturated carbocycles. The molecule has 100 valence electrons. The Hall–Kier alpha value is -1.95. The predicted octanol–water partition coefficient (Wildman–Crippen LogP) is 2.18. The summed E-state index contributed by atoms with van der Waals surface area (Å²) in [6.45, 7) is 0. The van der Waals surface area contributed by atoms with Crippen molar-refractivity contribution < 1.29 is 14.3 Å². The number of methoxy groups -OCH3 is 2. The lowest BCUT2D eigenvalue weighted by atomic mass is 10.2. The van der Waals surface area contributed by atoms with Gasteiger partial charge in [0.25, 0.3) is 5.91 Å². The Morgan fingerprint density at radius 2 is 1.95 bits per heavy atom. The molecule has 1 fully saturated rings. The average Bonchev–Trinajstić information content (AvgIpc) is 2.66. The molecule has 1 aromatic carbocycles. The van der Waals surface area contributed by atoms with Crippen LogP contribution in [0.5, 0.6) is 11.5 Å². The van der Waals surface area contributed by atoms with Crippen molar-refractivity contribution in [2.75, 3.05) is 21.3 Å². The molecule has 6 heteroatoms. The zero-order chi connectivity index (χ0) is 14.0. The van der Waals surface area contributed by atoms with Gasteiger partial charge in [-0.3, -0.25) is 15.1 Å². The summed E-state index contributed by atoms with van der Waals surface area (Å²) in [4.78, 5) is 13.7. The van der Waals surface area contributed by atoms with Crippen molar-refractivity contribution in [1.29, 1.82) is 5.41 Å². The highest BCUT2D eigenvalue weighted by Gasteiger charge is 2.28. The number of nitrogens with one attached hydrogen (secondary N) is 1. The van der Waals surface area contributed by atoms with Gasteiger partial charge in [-0.05, 0) is 35.5 Å². The highest BCUT2D eigenvalue weighted by atomic mass is 32.2. The van der Waals surface area contributed by atoms with Gasteiger partial charge in [0, 0.05) is 7.05 Å². The molecule has 0 bridgehead atoms. The SMILES string of the molecule is COc1ccc(C=C2SC(=N)N(C)C2=O)cc1OC. The van der Waals surface area contributed by atoms with Crippen LogP contribution in [0.15, 0.2) is 23.1 Å². The Morgan fingerprint density at radius 1 is 1.26 bits per heavy atom. The minimum Gasteiger partial charge on any atom is -0.493 e. The summed E-state index contributed by atoms with van der Waals surface area (Å²) in [6, 6.07) is 5.41. The third-order valence-electron chi connectivity index (χ3n) is 2.73. The van der Waals surface area contributed by atoms with Gasteiger partial charge in [-0.1, -0.05) is 6.07 Å². The van der Waals surface area contributed by atoms with Gasteiger partial charge in [0.15, 0.2) is 16.7 Å². The second kappa shape index (κ2) is 5.36. The number of benzene rings is 1.